The lowest BCUT2D eigenvalue weighted by Gasteiger charge is -2.40. The van der Waals surface area contributed by atoms with Gasteiger partial charge in [0, 0.05) is 11.6 Å². The summed E-state index contributed by atoms with van der Waals surface area (Å²) in [6.07, 6.45) is 1.80. The number of aromatic nitrogens is 1. The number of nitrogens with zero attached hydrogens (tertiary/aromatic N) is 1. The van der Waals surface area contributed by atoms with Crippen LogP contribution in [0.25, 0.3) is 11.0 Å². The summed E-state index contributed by atoms with van der Waals surface area (Å²) in [5, 5.41) is 14.1. The second-order valence-electron chi connectivity index (χ2n) is 6.71. The number of benzene rings is 1. The van der Waals surface area contributed by atoms with E-state index in [1.165, 1.54) is 0 Å². The molecule has 0 aliphatic carbocycles. The van der Waals surface area contributed by atoms with Crippen molar-refractivity contribution in [2.24, 2.45) is 0 Å². The maximum absolute atomic E-state index is 12.8. The third-order valence-electron chi connectivity index (χ3n) is 4.55. The third-order valence-corrected chi connectivity index (χ3v) is 5.44. The molecule has 0 radical (unpaired) electrons. The van der Waals surface area contributed by atoms with Crippen molar-refractivity contribution >= 4 is 28.2 Å². The first-order valence-corrected chi connectivity index (χ1v) is 9.40. The molecular formula is C19H20N2O5S. The average molecular weight is 388 g/mol. The molecule has 1 fully saturated rings. The molecule has 142 valence electrons. The average Bonchev–Trinajstić information content (AvgIpc) is 3.17. The zero-order valence-electron chi connectivity index (χ0n) is 15.1. The van der Waals surface area contributed by atoms with Crippen molar-refractivity contribution < 1.29 is 23.8 Å². The van der Waals surface area contributed by atoms with Crippen LogP contribution < -0.4 is 10.1 Å². The molecule has 1 aliphatic heterocycles. The van der Waals surface area contributed by atoms with Gasteiger partial charge in [-0.05, 0) is 32.0 Å². The van der Waals surface area contributed by atoms with Crippen molar-refractivity contribution in [2.45, 2.75) is 26.0 Å². The molecule has 1 saturated heterocycles. The zero-order chi connectivity index (χ0) is 19.0. The second-order valence-corrected chi connectivity index (χ2v) is 8.03. The number of furan rings is 1. The zero-order valence-corrected chi connectivity index (χ0v) is 15.9. The number of carbonyl (C=O) groups is 1. The Balaban J connectivity index is 1.58. The van der Waals surface area contributed by atoms with Gasteiger partial charge in [0.1, 0.15) is 29.2 Å². The summed E-state index contributed by atoms with van der Waals surface area (Å²) in [7, 11) is 0. The number of aryl methyl sites for hydroxylation is 2. The fourth-order valence-corrected chi connectivity index (χ4v) is 3.76. The van der Waals surface area contributed by atoms with Crippen molar-refractivity contribution in [3.63, 3.8) is 0 Å². The van der Waals surface area contributed by atoms with Crippen LogP contribution in [0.2, 0.25) is 0 Å². The predicted molar refractivity (Wildman–Crippen MR) is 100 cm³/mol. The molecule has 0 saturated carbocycles. The van der Waals surface area contributed by atoms with Gasteiger partial charge < -0.3 is 24.3 Å². The first-order valence-electron chi connectivity index (χ1n) is 8.58. The van der Waals surface area contributed by atoms with Gasteiger partial charge in [0.15, 0.2) is 0 Å². The first kappa shape index (κ1) is 18.0. The largest absolute Gasteiger partial charge is 0.488 e. The molecule has 1 aromatic carbocycles. The van der Waals surface area contributed by atoms with E-state index < -0.39 is 5.54 Å². The Bertz CT molecular complexity index is 984. The standard InChI is InChI=1S/C19H20N2O5S/c1-11-17(18(23)21-19(8-22)9-24-10-19)15-5-13(3-4-16(15)26-11)25-7-14-6-20-12(2)27-14/h3-6,22H,7-10H2,1-2H3,(H,21,23). The van der Waals surface area contributed by atoms with E-state index in [1.807, 2.05) is 13.0 Å². The van der Waals surface area contributed by atoms with Crippen LogP contribution in [-0.4, -0.2) is 41.4 Å². The number of thiazole rings is 1. The molecule has 3 aromatic rings. The van der Waals surface area contributed by atoms with Crippen molar-refractivity contribution in [1.82, 2.24) is 10.3 Å². The number of amides is 1. The molecule has 0 unspecified atom stereocenters. The molecule has 2 aromatic heterocycles. The number of fused-ring (bicyclic) bond motifs is 1. The fraction of sp³-hybridized carbons (Fsp3) is 0.368. The molecule has 2 N–H and O–H groups in total. The van der Waals surface area contributed by atoms with E-state index in [0.717, 1.165) is 9.88 Å². The van der Waals surface area contributed by atoms with Gasteiger partial charge >= 0.3 is 0 Å². The van der Waals surface area contributed by atoms with Crippen LogP contribution in [0.4, 0.5) is 0 Å². The molecule has 27 heavy (non-hydrogen) atoms. The molecule has 7 nitrogen and oxygen atoms in total. The van der Waals surface area contributed by atoms with Crippen LogP contribution in [0.5, 0.6) is 5.75 Å². The number of nitrogens with one attached hydrogen (secondary N) is 1. The predicted octanol–water partition coefficient (Wildman–Crippen LogP) is 2.58. The fourth-order valence-electron chi connectivity index (χ4n) is 3.05. The lowest BCUT2D eigenvalue weighted by Crippen LogP contribution is -2.64. The number of carbonyl (C=O) groups excluding carboxylic acids is 1. The summed E-state index contributed by atoms with van der Waals surface area (Å²) >= 11 is 1.59. The maximum Gasteiger partial charge on any atom is 0.256 e. The van der Waals surface area contributed by atoms with Gasteiger partial charge in [-0.3, -0.25) is 4.79 Å². The van der Waals surface area contributed by atoms with Crippen molar-refractivity contribution in [2.75, 3.05) is 19.8 Å². The van der Waals surface area contributed by atoms with Gasteiger partial charge in [-0.1, -0.05) is 0 Å². The van der Waals surface area contributed by atoms with Crippen LogP contribution in [-0.2, 0) is 11.3 Å². The Morgan fingerprint density at radius 1 is 1.41 bits per heavy atom. The van der Waals surface area contributed by atoms with Gasteiger partial charge in [-0.15, -0.1) is 11.3 Å². The Hall–Kier alpha value is -2.42. The smallest absolute Gasteiger partial charge is 0.256 e. The van der Waals surface area contributed by atoms with Crippen LogP contribution in [0.15, 0.2) is 28.8 Å². The number of aliphatic hydroxyl groups is 1. The van der Waals surface area contributed by atoms with Gasteiger partial charge in [0.2, 0.25) is 0 Å². The number of hydrogen-bond donors (Lipinski definition) is 2. The van der Waals surface area contributed by atoms with Gasteiger partial charge in [-0.25, -0.2) is 4.98 Å². The normalized spacial score (nSPS) is 15.5. The SMILES string of the molecule is Cc1ncc(COc2ccc3oc(C)c(C(=O)NC4(CO)COC4)c3c2)s1. The molecule has 8 heteroatoms. The quantitative estimate of drug-likeness (QED) is 0.674. The topological polar surface area (TPSA) is 93.8 Å². The minimum atomic E-state index is -0.717. The number of ether oxygens (including phenoxy) is 2. The van der Waals surface area contributed by atoms with Gasteiger partial charge in [0.25, 0.3) is 5.91 Å². The number of aliphatic hydroxyl groups excluding tert-OH is 1. The first-order chi connectivity index (χ1) is 13.0. The molecule has 0 bridgehead atoms. The molecule has 0 spiro atoms. The molecule has 3 heterocycles. The highest BCUT2D eigenvalue weighted by Gasteiger charge is 2.40. The van der Waals surface area contributed by atoms with E-state index >= 15 is 0 Å². The summed E-state index contributed by atoms with van der Waals surface area (Å²) in [6, 6.07) is 5.41. The van der Waals surface area contributed by atoms with Crippen LogP contribution >= 0.6 is 11.3 Å². The van der Waals surface area contributed by atoms with Crippen LogP contribution in [0.1, 0.15) is 26.0 Å². The molecule has 0 atom stereocenters. The molecule has 4 rings (SSSR count). The number of hydrogen-bond acceptors (Lipinski definition) is 7. The van der Waals surface area contributed by atoms with Crippen molar-refractivity contribution in [3.8, 4) is 5.75 Å². The monoisotopic (exact) mass is 388 g/mol. The van der Waals surface area contributed by atoms with Crippen LogP contribution in [0, 0.1) is 13.8 Å². The Morgan fingerprint density at radius 3 is 2.85 bits per heavy atom. The van der Waals surface area contributed by atoms with E-state index in [-0.39, 0.29) is 12.5 Å². The Kier molecular flexibility index (Phi) is 4.63. The second kappa shape index (κ2) is 6.95. The lowest BCUT2D eigenvalue weighted by atomic mass is 9.97. The van der Waals surface area contributed by atoms with Crippen molar-refractivity contribution in [3.05, 3.63) is 45.6 Å². The summed E-state index contributed by atoms with van der Waals surface area (Å²) in [5.74, 6) is 0.872. The summed E-state index contributed by atoms with van der Waals surface area (Å²) < 4.78 is 16.7. The van der Waals surface area contributed by atoms with Crippen molar-refractivity contribution in [1.29, 1.82) is 0 Å². The van der Waals surface area contributed by atoms with E-state index in [0.29, 0.717) is 47.9 Å². The van der Waals surface area contributed by atoms with E-state index in [1.54, 1.807) is 36.6 Å². The lowest BCUT2D eigenvalue weighted by molar-refractivity contribution is -0.0919. The molecule has 1 aliphatic rings. The number of rotatable bonds is 6. The van der Waals surface area contributed by atoms with Gasteiger partial charge in [0.05, 0.1) is 35.3 Å². The minimum absolute atomic E-state index is 0.170. The summed E-state index contributed by atoms with van der Waals surface area (Å²) in [6.45, 7) is 4.54. The third kappa shape index (κ3) is 3.43. The highest BCUT2D eigenvalue weighted by Crippen LogP contribution is 2.30. The highest BCUT2D eigenvalue weighted by atomic mass is 32.1. The Morgan fingerprint density at radius 2 is 2.22 bits per heavy atom. The summed E-state index contributed by atoms with van der Waals surface area (Å²) in [4.78, 5) is 18.1. The minimum Gasteiger partial charge on any atom is -0.488 e. The maximum atomic E-state index is 12.8. The summed E-state index contributed by atoms with van der Waals surface area (Å²) in [5.41, 5.74) is 0.344. The molecule has 1 amide bonds. The molecular weight excluding hydrogens is 368 g/mol. The van der Waals surface area contributed by atoms with Crippen LogP contribution in [0.3, 0.4) is 0 Å². The van der Waals surface area contributed by atoms with E-state index in [2.05, 4.69) is 10.3 Å². The van der Waals surface area contributed by atoms with E-state index in [9.17, 15) is 9.90 Å². The van der Waals surface area contributed by atoms with E-state index in [4.69, 9.17) is 13.9 Å². The highest BCUT2D eigenvalue weighted by molar-refractivity contribution is 7.11. The Labute approximate surface area is 159 Å². The van der Waals surface area contributed by atoms with Gasteiger partial charge in [-0.2, -0.15) is 0 Å².